The van der Waals surface area contributed by atoms with E-state index in [0.29, 0.717) is 5.56 Å². The number of nitrogens with one attached hydrogen (secondary N) is 1. The van der Waals surface area contributed by atoms with E-state index in [1.807, 2.05) is 60.0 Å². The number of hydrogen-bond donors (Lipinski definition) is 2. The van der Waals surface area contributed by atoms with Crippen molar-refractivity contribution in [1.29, 1.82) is 0 Å². The summed E-state index contributed by atoms with van der Waals surface area (Å²) in [4.78, 5) is 13.1. The summed E-state index contributed by atoms with van der Waals surface area (Å²) in [5, 5.41) is 15.2. The molecule has 0 saturated heterocycles. The van der Waals surface area contributed by atoms with E-state index < -0.39 is 5.60 Å². The predicted molar refractivity (Wildman–Crippen MR) is 98.1 cm³/mol. The molecule has 1 heterocycles. The minimum absolute atomic E-state index is 0.173. The van der Waals surface area contributed by atoms with Gasteiger partial charge < -0.3 is 10.4 Å². The highest BCUT2D eigenvalue weighted by Gasteiger charge is 2.25. The normalized spacial score (nSPS) is 13.2. The highest BCUT2D eigenvalue weighted by atomic mass is 32.1. The van der Waals surface area contributed by atoms with Crippen molar-refractivity contribution in [2.24, 2.45) is 0 Å². The van der Waals surface area contributed by atoms with Gasteiger partial charge in [-0.15, -0.1) is 11.3 Å². The van der Waals surface area contributed by atoms with E-state index in [0.717, 1.165) is 16.0 Å². The number of benzene rings is 2. The van der Waals surface area contributed by atoms with Crippen LogP contribution in [0.15, 0.2) is 72.1 Å². The summed E-state index contributed by atoms with van der Waals surface area (Å²) >= 11 is 1.48. The fourth-order valence-electron chi connectivity index (χ4n) is 2.47. The highest BCUT2D eigenvalue weighted by Crippen LogP contribution is 2.24. The molecule has 0 aliphatic carbocycles. The first-order chi connectivity index (χ1) is 11.6. The molecule has 4 heteroatoms. The molecular weight excluding hydrogens is 318 g/mol. The van der Waals surface area contributed by atoms with Crippen LogP contribution in [0.3, 0.4) is 0 Å². The minimum Gasteiger partial charge on any atom is -0.383 e. The minimum atomic E-state index is -1.06. The highest BCUT2D eigenvalue weighted by molar-refractivity contribution is 7.10. The zero-order chi connectivity index (χ0) is 17.0. The lowest BCUT2D eigenvalue weighted by molar-refractivity contribution is 0.0557. The van der Waals surface area contributed by atoms with Crippen LogP contribution < -0.4 is 5.32 Å². The fourth-order valence-corrected chi connectivity index (χ4v) is 3.26. The zero-order valence-electron chi connectivity index (χ0n) is 13.4. The van der Waals surface area contributed by atoms with Crippen LogP contribution in [0.25, 0.3) is 11.1 Å². The summed E-state index contributed by atoms with van der Waals surface area (Å²) < 4.78 is 0. The second-order valence-electron chi connectivity index (χ2n) is 5.88. The molecule has 3 aromatic rings. The number of amides is 1. The van der Waals surface area contributed by atoms with Gasteiger partial charge in [0.15, 0.2) is 0 Å². The Morgan fingerprint density at radius 1 is 1.00 bits per heavy atom. The Hall–Kier alpha value is -2.43. The maximum atomic E-state index is 12.3. The van der Waals surface area contributed by atoms with Crippen molar-refractivity contribution in [3.05, 3.63) is 82.6 Å². The van der Waals surface area contributed by atoms with Crippen molar-refractivity contribution in [1.82, 2.24) is 5.32 Å². The van der Waals surface area contributed by atoms with E-state index in [4.69, 9.17) is 0 Å². The van der Waals surface area contributed by atoms with Crippen molar-refractivity contribution in [3.63, 3.8) is 0 Å². The maximum Gasteiger partial charge on any atom is 0.251 e. The maximum absolute atomic E-state index is 12.3. The molecule has 0 aliphatic rings. The topological polar surface area (TPSA) is 49.3 Å². The number of rotatable bonds is 5. The summed E-state index contributed by atoms with van der Waals surface area (Å²) in [6.45, 7) is 1.88. The van der Waals surface area contributed by atoms with Crippen molar-refractivity contribution in [2.75, 3.05) is 6.54 Å². The van der Waals surface area contributed by atoms with Crippen molar-refractivity contribution < 1.29 is 9.90 Å². The van der Waals surface area contributed by atoms with Crippen molar-refractivity contribution in [2.45, 2.75) is 12.5 Å². The lowest BCUT2D eigenvalue weighted by Crippen LogP contribution is -2.38. The molecule has 1 aromatic heterocycles. The molecular formula is C20H19NO2S. The van der Waals surface area contributed by atoms with Gasteiger partial charge in [-0.25, -0.2) is 0 Å². The molecule has 0 bridgehead atoms. The molecule has 0 saturated carbocycles. The second-order valence-corrected chi connectivity index (χ2v) is 6.82. The molecule has 24 heavy (non-hydrogen) atoms. The fraction of sp³-hybridized carbons (Fsp3) is 0.150. The van der Waals surface area contributed by atoms with Gasteiger partial charge in [-0.3, -0.25) is 4.79 Å². The number of carbonyl (C=O) groups excluding carboxylic acids is 1. The summed E-state index contributed by atoms with van der Waals surface area (Å²) in [7, 11) is 0. The molecule has 1 amide bonds. The Morgan fingerprint density at radius 2 is 1.67 bits per heavy atom. The van der Waals surface area contributed by atoms with Crippen molar-refractivity contribution in [3.8, 4) is 11.1 Å². The molecule has 0 spiro atoms. The molecule has 1 atom stereocenters. The van der Waals surface area contributed by atoms with E-state index in [9.17, 15) is 9.90 Å². The molecule has 2 aromatic carbocycles. The van der Waals surface area contributed by atoms with Gasteiger partial charge >= 0.3 is 0 Å². The van der Waals surface area contributed by atoms with Crippen LogP contribution in [-0.4, -0.2) is 17.6 Å². The van der Waals surface area contributed by atoms with Gasteiger partial charge in [-0.05, 0) is 41.6 Å². The van der Waals surface area contributed by atoms with Gasteiger partial charge in [0.2, 0.25) is 0 Å². The second kappa shape index (κ2) is 6.99. The third-order valence-corrected chi connectivity index (χ3v) is 5.02. The largest absolute Gasteiger partial charge is 0.383 e. The first-order valence-electron chi connectivity index (χ1n) is 7.76. The Kier molecular flexibility index (Phi) is 4.79. The van der Waals surface area contributed by atoms with Crippen LogP contribution in [0.1, 0.15) is 22.2 Å². The summed E-state index contributed by atoms with van der Waals surface area (Å²) in [6.07, 6.45) is 0. The summed E-state index contributed by atoms with van der Waals surface area (Å²) in [6, 6.07) is 21.2. The van der Waals surface area contributed by atoms with Crippen LogP contribution in [0.5, 0.6) is 0 Å². The average molecular weight is 337 g/mol. The van der Waals surface area contributed by atoms with Crippen LogP contribution in [0.4, 0.5) is 0 Å². The molecule has 2 N–H and O–H groups in total. The number of aliphatic hydroxyl groups is 1. The molecule has 0 fully saturated rings. The summed E-state index contributed by atoms with van der Waals surface area (Å²) in [5.41, 5.74) is 1.70. The SMILES string of the molecule is CC(O)(CNC(=O)c1ccc(-c2ccccc2)cc1)c1cccs1. The number of thiophene rings is 1. The van der Waals surface area contributed by atoms with Crippen LogP contribution in [0.2, 0.25) is 0 Å². The van der Waals surface area contributed by atoms with Crippen LogP contribution in [-0.2, 0) is 5.60 Å². The van der Waals surface area contributed by atoms with Crippen LogP contribution in [0, 0.1) is 0 Å². The quantitative estimate of drug-likeness (QED) is 0.738. The first-order valence-corrected chi connectivity index (χ1v) is 8.64. The third kappa shape index (κ3) is 3.72. The molecule has 0 radical (unpaired) electrons. The van der Waals surface area contributed by atoms with Gasteiger partial charge in [0.1, 0.15) is 5.60 Å². The standard InChI is InChI=1S/C20H19NO2S/c1-20(23,18-8-5-13-24-18)14-21-19(22)17-11-9-16(10-12-17)15-6-3-2-4-7-15/h2-13,23H,14H2,1H3,(H,21,22). The first kappa shape index (κ1) is 16.4. The number of hydrogen-bond acceptors (Lipinski definition) is 3. The van der Waals surface area contributed by atoms with Gasteiger partial charge in [0.25, 0.3) is 5.91 Å². The smallest absolute Gasteiger partial charge is 0.251 e. The van der Waals surface area contributed by atoms with Gasteiger partial charge in [-0.1, -0.05) is 48.5 Å². The number of carbonyl (C=O) groups is 1. The molecule has 0 aliphatic heterocycles. The Bertz CT molecular complexity index is 793. The van der Waals surface area contributed by atoms with Gasteiger partial charge in [-0.2, -0.15) is 0 Å². The molecule has 1 unspecified atom stereocenters. The molecule has 3 rings (SSSR count). The third-order valence-electron chi connectivity index (χ3n) is 3.90. The Balaban J connectivity index is 1.65. The van der Waals surface area contributed by atoms with E-state index in [2.05, 4.69) is 5.32 Å². The van der Waals surface area contributed by atoms with E-state index in [-0.39, 0.29) is 12.5 Å². The van der Waals surface area contributed by atoms with Crippen LogP contribution >= 0.6 is 11.3 Å². The Morgan fingerprint density at radius 3 is 2.29 bits per heavy atom. The van der Waals surface area contributed by atoms with E-state index in [1.54, 1.807) is 19.1 Å². The monoisotopic (exact) mass is 337 g/mol. The lowest BCUT2D eigenvalue weighted by Gasteiger charge is -2.22. The Labute approximate surface area is 145 Å². The summed E-state index contributed by atoms with van der Waals surface area (Å²) in [5.74, 6) is -0.188. The molecule has 3 nitrogen and oxygen atoms in total. The predicted octanol–water partition coefficient (Wildman–Crippen LogP) is 4.05. The zero-order valence-corrected chi connectivity index (χ0v) is 14.2. The lowest BCUT2D eigenvalue weighted by atomic mass is 10.0. The van der Waals surface area contributed by atoms with E-state index >= 15 is 0 Å². The van der Waals surface area contributed by atoms with E-state index in [1.165, 1.54) is 11.3 Å². The average Bonchev–Trinajstić information content (AvgIpc) is 3.16. The van der Waals surface area contributed by atoms with Crippen molar-refractivity contribution >= 4 is 17.2 Å². The van der Waals surface area contributed by atoms with Gasteiger partial charge in [0, 0.05) is 10.4 Å². The van der Waals surface area contributed by atoms with Gasteiger partial charge in [0.05, 0.1) is 6.54 Å². The molecule has 122 valence electrons.